The molecule has 1 N–H and O–H groups in total. The number of rotatable bonds is 7. The summed E-state index contributed by atoms with van der Waals surface area (Å²) in [7, 11) is 3.12. The summed E-state index contributed by atoms with van der Waals surface area (Å²) in [5.41, 5.74) is 1.29. The Morgan fingerprint density at radius 1 is 1.29 bits per heavy atom. The molecule has 0 bridgehead atoms. The predicted molar refractivity (Wildman–Crippen MR) is 118 cm³/mol. The number of cyclic esters (lactones) is 1. The van der Waals surface area contributed by atoms with Crippen LogP contribution in [0.3, 0.4) is 0 Å². The van der Waals surface area contributed by atoms with Gasteiger partial charge in [-0.3, -0.25) is 4.79 Å². The SMILES string of the molecule is COCO[C@@H]1CC(C/C=C/NC(C)=O)OC(=O)c2c(cccc2OC)C/C=C/C[C@@H]1C. The highest BCUT2D eigenvalue weighted by molar-refractivity contribution is 5.94. The summed E-state index contributed by atoms with van der Waals surface area (Å²) in [5.74, 6) is 0.0991. The average molecular weight is 432 g/mol. The van der Waals surface area contributed by atoms with Crippen molar-refractivity contribution in [2.24, 2.45) is 5.92 Å². The monoisotopic (exact) mass is 431 g/mol. The van der Waals surface area contributed by atoms with Crippen molar-refractivity contribution in [1.29, 1.82) is 0 Å². The van der Waals surface area contributed by atoms with Crippen LogP contribution in [0.15, 0.2) is 42.6 Å². The lowest BCUT2D eigenvalue weighted by Gasteiger charge is -2.28. The molecule has 0 radical (unpaired) electrons. The zero-order valence-corrected chi connectivity index (χ0v) is 18.8. The van der Waals surface area contributed by atoms with E-state index < -0.39 is 12.1 Å². The molecule has 1 aromatic rings. The van der Waals surface area contributed by atoms with Crippen LogP contribution in [0.1, 0.15) is 49.0 Å². The van der Waals surface area contributed by atoms with Gasteiger partial charge < -0.3 is 24.3 Å². The molecule has 0 fully saturated rings. The molecule has 1 amide bonds. The Labute approximate surface area is 184 Å². The van der Waals surface area contributed by atoms with Gasteiger partial charge in [-0.1, -0.05) is 37.3 Å². The Morgan fingerprint density at radius 2 is 2.10 bits per heavy atom. The molecule has 0 aromatic heterocycles. The third kappa shape index (κ3) is 7.84. The van der Waals surface area contributed by atoms with E-state index in [0.29, 0.717) is 30.6 Å². The summed E-state index contributed by atoms with van der Waals surface area (Å²) in [6.07, 6.45) is 9.30. The van der Waals surface area contributed by atoms with E-state index in [4.69, 9.17) is 18.9 Å². The highest BCUT2D eigenvalue weighted by Gasteiger charge is 2.27. The smallest absolute Gasteiger partial charge is 0.342 e. The van der Waals surface area contributed by atoms with E-state index in [1.165, 1.54) is 6.92 Å². The molecule has 0 saturated heterocycles. The molecule has 7 heteroatoms. The first-order valence-electron chi connectivity index (χ1n) is 10.5. The number of carbonyl (C=O) groups is 2. The number of esters is 1. The minimum absolute atomic E-state index is 0.159. The summed E-state index contributed by atoms with van der Waals surface area (Å²) in [6.45, 7) is 3.71. The van der Waals surface area contributed by atoms with E-state index in [9.17, 15) is 9.59 Å². The predicted octanol–water partition coefficient (Wildman–Crippen LogP) is 3.78. The van der Waals surface area contributed by atoms with Crippen molar-refractivity contribution < 1.29 is 28.5 Å². The highest BCUT2D eigenvalue weighted by atomic mass is 16.7. The Kier molecular flexibility index (Phi) is 10.3. The van der Waals surface area contributed by atoms with Crippen LogP contribution < -0.4 is 10.1 Å². The van der Waals surface area contributed by atoms with Crippen LogP contribution in [0, 0.1) is 5.92 Å². The summed E-state index contributed by atoms with van der Waals surface area (Å²) < 4.78 is 22.4. The Bertz CT molecular complexity index is 788. The molecule has 1 aromatic carbocycles. The molecule has 170 valence electrons. The van der Waals surface area contributed by atoms with Gasteiger partial charge in [0, 0.05) is 26.9 Å². The fourth-order valence-corrected chi connectivity index (χ4v) is 3.50. The van der Waals surface area contributed by atoms with Crippen LogP contribution in [0.2, 0.25) is 0 Å². The maximum Gasteiger partial charge on any atom is 0.342 e. The Morgan fingerprint density at radius 3 is 2.81 bits per heavy atom. The van der Waals surface area contributed by atoms with Crippen LogP contribution in [0.4, 0.5) is 0 Å². The van der Waals surface area contributed by atoms with Gasteiger partial charge in [-0.15, -0.1) is 0 Å². The van der Waals surface area contributed by atoms with Crippen molar-refractivity contribution >= 4 is 11.9 Å². The van der Waals surface area contributed by atoms with Gasteiger partial charge in [-0.25, -0.2) is 4.79 Å². The molecule has 0 saturated carbocycles. The summed E-state index contributed by atoms with van der Waals surface area (Å²) in [4.78, 5) is 24.3. The lowest BCUT2D eigenvalue weighted by molar-refractivity contribution is -0.118. The number of ether oxygens (including phenoxy) is 4. The topological polar surface area (TPSA) is 83.1 Å². The zero-order chi connectivity index (χ0) is 22.6. The molecule has 1 unspecified atom stereocenters. The molecule has 1 heterocycles. The van der Waals surface area contributed by atoms with Gasteiger partial charge >= 0.3 is 5.97 Å². The van der Waals surface area contributed by atoms with Gasteiger partial charge in [-0.2, -0.15) is 0 Å². The van der Waals surface area contributed by atoms with Gasteiger partial charge in [-0.05, 0) is 36.6 Å². The van der Waals surface area contributed by atoms with E-state index in [1.54, 1.807) is 32.6 Å². The number of allylic oxidation sites excluding steroid dienone is 2. The lowest BCUT2D eigenvalue weighted by atomic mass is 9.93. The summed E-state index contributed by atoms with van der Waals surface area (Å²) in [5, 5.41) is 2.61. The van der Waals surface area contributed by atoms with Crippen molar-refractivity contribution in [1.82, 2.24) is 5.32 Å². The molecule has 7 nitrogen and oxygen atoms in total. The van der Waals surface area contributed by atoms with E-state index in [2.05, 4.69) is 24.4 Å². The maximum atomic E-state index is 13.2. The minimum Gasteiger partial charge on any atom is -0.496 e. The van der Waals surface area contributed by atoms with Gasteiger partial charge in [0.05, 0.1) is 13.2 Å². The molecule has 2 rings (SSSR count). The molecule has 1 aliphatic heterocycles. The van der Waals surface area contributed by atoms with E-state index in [1.807, 2.05) is 12.1 Å². The largest absolute Gasteiger partial charge is 0.496 e. The van der Waals surface area contributed by atoms with Crippen LogP contribution in [0.5, 0.6) is 5.75 Å². The summed E-state index contributed by atoms with van der Waals surface area (Å²) in [6, 6.07) is 5.54. The quantitative estimate of drug-likeness (QED) is 0.402. The first kappa shape index (κ1) is 24.6. The third-order valence-corrected chi connectivity index (χ3v) is 5.16. The van der Waals surface area contributed by atoms with Crippen LogP contribution in [-0.2, 0) is 25.4 Å². The second kappa shape index (κ2) is 12.9. The zero-order valence-electron chi connectivity index (χ0n) is 18.8. The Balaban J connectivity index is 2.34. The number of amides is 1. The number of fused-ring (bicyclic) bond motifs is 1. The standard InChI is InChI=1S/C24H33NO6/c1-17-9-5-6-10-19-11-7-13-21(29-4)23(19)24(27)31-20(12-8-14-25-18(2)26)15-22(17)30-16-28-3/h5-8,11,13-14,17,20,22H,9-10,12,15-16H2,1-4H3,(H,25,26)/b6-5+,14-8+/t17-,20?,22+/m0/s1. The molecule has 0 aliphatic carbocycles. The molecule has 3 atom stereocenters. The number of carbonyl (C=O) groups excluding carboxylic acids is 2. The fourth-order valence-electron chi connectivity index (χ4n) is 3.50. The Hall–Kier alpha value is -2.64. The van der Waals surface area contributed by atoms with E-state index in [0.717, 1.165) is 12.0 Å². The summed E-state index contributed by atoms with van der Waals surface area (Å²) >= 11 is 0. The number of methoxy groups -OCH3 is 2. The second-order valence-corrected chi connectivity index (χ2v) is 7.60. The van der Waals surface area contributed by atoms with E-state index >= 15 is 0 Å². The molecule has 31 heavy (non-hydrogen) atoms. The van der Waals surface area contributed by atoms with Gasteiger partial charge in [0.2, 0.25) is 5.91 Å². The molecular weight excluding hydrogens is 398 g/mol. The molecule has 0 spiro atoms. The fraction of sp³-hybridized carbons (Fsp3) is 0.500. The van der Waals surface area contributed by atoms with Crippen LogP contribution in [-0.4, -0.2) is 45.1 Å². The van der Waals surface area contributed by atoms with Crippen molar-refractivity contribution in [3.05, 3.63) is 53.8 Å². The van der Waals surface area contributed by atoms with Gasteiger partial charge in [0.25, 0.3) is 0 Å². The number of nitrogens with one attached hydrogen (secondary N) is 1. The number of hydrogen-bond acceptors (Lipinski definition) is 6. The van der Waals surface area contributed by atoms with Crippen molar-refractivity contribution in [3.63, 3.8) is 0 Å². The highest BCUT2D eigenvalue weighted by Crippen LogP contribution is 2.28. The van der Waals surface area contributed by atoms with Crippen molar-refractivity contribution in [2.75, 3.05) is 21.0 Å². The number of benzene rings is 1. The van der Waals surface area contributed by atoms with Gasteiger partial charge in [0.1, 0.15) is 24.2 Å². The normalized spacial score (nSPS) is 23.2. The first-order valence-corrected chi connectivity index (χ1v) is 10.5. The van der Waals surface area contributed by atoms with Crippen molar-refractivity contribution in [3.8, 4) is 5.75 Å². The van der Waals surface area contributed by atoms with Crippen LogP contribution in [0.25, 0.3) is 0 Å². The maximum absolute atomic E-state index is 13.2. The van der Waals surface area contributed by atoms with Gasteiger partial charge in [0.15, 0.2) is 0 Å². The van der Waals surface area contributed by atoms with Crippen molar-refractivity contribution in [2.45, 2.75) is 51.7 Å². The number of hydrogen-bond donors (Lipinski definition) is 1. The molecule has 1 aliphatic rings. The first-order chi connectivity index (χ1) is 15.0. The second-order valence-electron chi connectivity index (χ2n) is 7.60. The average Bonchev–Trinajstić information content (AvgIpc) is 2.75. The van der Waals surface area contributed by atoms with Crippen LogP contribution >= 0.6 is 0 Å². The van der Waals surface area contributed by atoms with E-state index in [-0.39, 0.29) is 24.7 Å². The third-order valence-electron chi connectivity index (χ3n) is 5.16. The minimum atomic E-state index is -0.442. The lowest BCUT2D eigenvalue weighted by Crippen LogP contribution is -2.31. The molecular formula is C24H33NO6.